The molecule has 7 heteroatoms. The molecule has 136 valence electrons. The maximum atomic E-state index is 12.8. The minimum Gasteiger partial charge on any atom is -0.259 e. The Labute approximate surface area is 154 Å². The van der Waals surface area contributed by atoms with E-state index >= 15 is 0 Å². The molecule has 0 fully saturated rings. The Bertz CT molecular complexity index is 938. The first-order valence-electron chi connectivity index (χ1n) is 8.25. The van der Waals surface area contributed by atoms with Gasteiger partial charge in [-0.25, -0.2) is 0 Å². The number of hydrogen-bond acceptors (Lipinski definition) is 4. The molecule has 3 aromatic rings. The SMILES string of the molecule is FC(F)(F)c1ccc(C2=NN(c3ccccc3)N(c3ccccc3)N2)cc1. The summed E-state index contributed by atoms with van der Waals surface area (Å²) in [6, 6.07) is 23.9. The van der Waals surface area contributed by atoms with E-state index in [4.69, 9.17) is 0 Å². The van der Waals surface area contributed by atoms with Crippen molar-refractivity contribution in [2.45, 2.75) is 6.18 Å². The van der Waals surface area contributed by atoms with Crippen molar-refractivity contribution in [3.8, 4) is 0 Å². The number of nitrogens with one attached hydrogen (secondary N) is 1. The van der Waals surface area contributed by atoms with E-state index in [0.29, 0.717) is 11.4 Å². The zero-order valence-electron chi connectivity index (χ0n) is 14.1. The molecule has 0 atom stereocenters. The molecule has 0 spiro atoms. The minimum absolute atomic E-state index is 0.455. The third kappa shape index (κ3) is 3.44. The second-order valence-corrected chi connectivity index (χ2v) is 5.91. The van der Waals surface area contributed by atoms with Crippen LogP contribution < -0.4 is 15.7 Å². The van der Waals surface area contributed by atoms with Crippen molar-refractivity contribution in [2.75, 3.05) is 10.2 Å². The van der Waals surface area contributed by atoms with Gasteiger partial charge in [-0.1, -0.05) is 48.5 Å². The van der Waals surface area contributed by atoms with Crippen LogP contribution in [0.4, 0.5) is 24.5 Å². The van der Waals surface area contributed by atoms with E-state index < -0.39 is 11.7 Å². The van der Waals surface area contributed by atoms with E-state index in [1.165, 1.54) is 12.1 Å². The van der Waals surface area contributed by atoms with Crippen molar-refractivity contribution < 1.29 is 13.2 Å². The van der Waals surface area contributed by atoms with Gasteiger partial charge in [-0.15, -0.1) is 5.10 Å². The first-order valence-corrected chi connectivity index (χ1v) is 8.25. The van der Waals surface area contributed by atoms with Crippen LogP contribution in [0.2, 0.25) is 0 Å². The highest BCUT2D eigenvalue weighted by atomic mass is 19.4. The van der Waals surface area contributed by atoms with Gasteiger partial charge < -0.3 is 0 Å². The maximum Gasteiger partial charge on any atom is 0.416 e. The number of benzene rings is 3. The van der Waals surface area contributed by atoms with Crippen molar-refractivity contribution >= 4 is 17.2 Å². The minimum atomic E-state index is -4.37. The molecule has 1 heterocycles. The highest BCUT2D eigenvalue weighted by molar-refractivity contribution is 6.02. The van der Waals surface area contributed by atoms with Gasteiger partial charge in [0, 0.05) is 5.56 Å². The van der Waals surface area contributed by atoms with Crippen LogP contribution in [0.5, 0.6) is 0 Å². The summed E-state index contributed by atoms with van der Waals surface area (Å²) in [4.78, 5) is 0. The average molecular weight is 368 g/mol. The summed E-state index contributed by atoms with van der Waals surface area (Å²) in [7, 11) is 0. The molecule has 0 saturated carbocycles. The first-order chi connectivity index (χ1) is 13.0. The van der Waals surface area contributed by atoms with Gasteiger partial charge in [-0.05, 0) is 36.4 Å². The van der Waals surface area contributed by atoms with E-state index in [0.717, 1.165) is 23.5 Å². The lowest BCUT2D eigenvalue weighted by Crippen LogP contribution is -2.44. The number of alkyl halides is 3. The number of hydrazine groups is 2. The molecule has 0 bridgehead atoms. The third-order valence-electron chi connectivity index (χ3n) is 4.07. The van der Waals surface area contributed by atoms with Gasteiger partial charge in [0.15, 0.2) is 5.84 Å². The fraction of sp³-hybridized carbons (Fsp3) is 0.0500. The Morgan fingerprint density at radius 2 is 1.26 bits per heavy atom. The zero-order valence-corrected chi connectivity index (χ0v) is 14.1. The number of para-hydroxylation sites is 2. The number of nitrogens with zero attached hydrogens (tertiary/aromatic N) is 3. The summed E-state index contributed by atoms with van der Waals surface area (Å²) in [5.41, 5.74) is 4.68. The van der Waals surface area contributed by atoms with Crippen LogP contribution in [0.15, 0.2) is 90.0 Å². The molecular weight excluding hydrogens is 353 g/mol. The molecule has 0 aliphatic carbocycles. The highest BCUT2D eigenvalue weighted by Gasteiger charge is 2.31. The molecule has 1 aliphatic heterocycles. The fourth-order valence-corrected chi connectivity index (χ4v) is 2.73. The Balaban J connectivity index is 1.70. The van der Waals surface area contributed by atoms with E-state index in [1.807, 2.05) is 60.7 Å². The molecule has 0 radical (unpaired) electrons. The normalized spacial score (nSPS) is 14.1. The van der Waals surface area contributed by atoms with Crippen molar-refractivity contribution in [3.63, 3.8) is 0 Å². The Morgan fingerprint density at radius 1 is 0.704 bits per heavy atom. The number of anilines is 2. The summed E-state index contributed by atoms with van der Waals surface area (Å²) in [6.45, 7) is 0. The van der Waals surface area contributed by atoms with Crippen LogP contribution in [0.3, 0.4) is 0 Å². The van der Waals surface area contributed by atoms with E-state index in [-0.39, 0.29) is 0 Å². The van der Waals surface area contributed by atoms with Crippen molar-refractivity contribution in [2.24, 2.45) is 5.10 Å². The van der Waals surface area contributed by atoms with Crippen molar-refractivity contribution in [1.29, 1.82) is 0 Å². The Kier molecular flexibility index (Phi) is 4.19. The Hall–Kier alpha value is -3.48. The summed E-state index contributed by atoms with van der Waals surface area (Å²) in [5, 5.41) is 7.97. The summed E-state index contributed by atoms with van der Waals surface area (Å²) >= 11 is 0. The number of hydrazone groups is 1. The predicted molar refractivity (Wildman–Crippen MR) is 99.0 cm³/mol. The van der Waals surface area contributed by atoms with Crippen LogP contribution in [-0.2, 0) is 6.18 Å². The van der Waals surface area contributed by atoms with E-state index in [1.54, 1.807) is 10.2 Å². The lowest BCUT2D eigenvalue weighted by molar-refractivity contribution is -0.137. The largest absolute Gasteiger partial charge is 0.416 e. The monoisotopic (exact) mass is 368 g/mol. The molecule has 0 amide bonds. The Morgan fingerprint density at radius 3 is 1.81 bits per heavy atom. The number of amidine groups is 1. The second kappa shape index (κ2) is 6.68. The standard InChI is InChI=1S/C20H15F3N4/c21-20(22,23)16-13-11-15(12-14-16)19-24-26(17-7-3-1-4-8-17)27(25-19)18-9-5-2-6-10-18/h1-14H,(H,24,25). The number of rotatable bonds is 3. The maximum absolute atomic E-state index is 12.8. The van der Waals surface area contributed by atoms with E-state index in [2.05, 4.69) is 10.5 Å². The van der Waals surface area contributed by atoms with Crippen LogP contribution in [-0.4, -0.2) is 5.84 Å². The summed E-state index contributed by atoms with van der Waals surface area (Å²) in [6.07, 6.45) is -4.37. The molecular formula is C20H15F3N4. The van der Waals surface area contributed by atoms with Gasteiger partial charge >= 0.3 is 6.18 Å². The number of halogens is 3. The molecule has 1 N–H and O–H groups in total. The first kappa shape index (κ1) is 17.0. The fourth-order valence-electron chi connectivity index (χ4n) is 2.73. The molecule has 4 nitrogen and oxygen atoms in total. The van der Waals surface area contributed by atoms with Crippen LogP contribution in [0.25, 0.3) is 0 Å². The summed E-state index contributed by atoms with van der Waals surface area (Å²) in [5.74, 6) is 0.455. The smallest absolute Gasteiger partial charge is 0.259 e. The van der Waals surface area contributed by atoms with Crippen LogP contribution in [0.1, 0.15) is 11.1 Å². The summed E-state index contributed by atoms with van der Waals surface area (Å²) < 4.78 is 38.4. The van der Waals surface area contributed by atoms with E-state index in [9.17, 15) is 13.2 Å². The van der Waals surface area contributed by atoms with Gasteiger partial charge in [0.25, 0.3) is 0 Å². The molecule has 1 aliphatic rings. The lowest BCUT2D eigenvalue weighted by atomic mass is 10.1. The molecule has 0 aromatic heterocycles. The van der Waals surface area contributed by atoms with Gasteiger partial charge in [0.2, 0.25) is 0 Å². The average Bonchev–Trinajstić information content (AvgIpc) is 3.14. The molecule has 0 saturated heterocycles. The van der Waals surface area contributed by atoms with Gasteiger partial charge in [-0.2, -0.15) is 23.4 Å². The predicted octanol–water partition coefficient (Wildman–Crippen LogP) is 4.81. The molecule has 4 rings (SSSR count). The van der Waals surface area contributed by atoms with Gasteiger partial charge in [0.1, 0.15) is 0 Å². The van der Waals surface area contributed by atoms with Crippen molar-refractivity contribution in [1.82, 2.24) is 5.43 Å². The van der Waals surface area contributed by atoms with Crippen molar-refractivity contribution in [3.05, 3.63) is 96.1 Å². The third-order valence-corrected chi connectivity index (χ3v) is 4.07. The topological polar surface area (TPSA) is 30.9 Å². The quantitative estimate of drug-likeness (QED) is 0.720. The highest BCUT2D eigenvalue weighted by Crippen LogP contribution is 2.30. The molecule has 3 aromatic carbocycles. The molecule has 27 heavy (non-hydrogen) atoms. The van der Waals surface area contributed by atoms with Gasteiger partial charge in [0.05, 0.1) is 16.9 Å². The van der Waals surface area contributed by atoms with Crippen LogP contribution in [0, 0.1) is 0 Å². The van der Waals surface area contributed by atoms with Crippen LogP contribution >= 0.6 is 0 Å². The lowest BCUT2D eigenvalue weighted by Gasteiger charge is -2.27. The zero-order chi connectivity index (χ0) is 18.9. The molecule has 0 unspecified atom stereocenters. The number of hydrogen-bond donors (Lipinski definition) is 1. The second-order valence-electron chi connectivity index (χ2n) is 5.91. The van der Waals surface area contributed by atoms with Gasteiger partial charge in [-0.3, -0.25) is 5.43 Å².